The van der Waals surface area contributed by atoms with Gasteiger partial charge in [-0.3, -0.25) is 20.2 Å². The molecular weight excluding hydrogens is 468 g/mol. The maximum atomic E-state index is 10.4. The lowest BCUT2D eigenvalue weighted by molar-refractivity contribution is -0.445. The van der Waals surface area contributed by atoms with E-state index in [0.717, 1.165) is 12.8 Å². The van der Waals surface area contributed by atoms with Gasteiger partial charge in [-0.15, -0.1) is 10.9 Å². The van der Waals surface area contributed by atoms with Crippen molar-refractivity contribution in [2.45, 2.75) is 12.8 Å². The van der Waals surface area contributed by atoms with Gasteiger partial charge < -0.3 is 0 Å². The predicted molar refractivity (Wildman–Crippen MR) is 115 cm³/mol. The molecular formula is C16H18N6O10S. The summed E-state index contributed by atoms with van der Waals surface area (Å²) in [5, 5.41) is 38.8. The average molecular weight is 486 g/mol. The van der Waals surface area contributed by atoms with Gasteiger partial charge in [-0.05, 0) is 37.1 Å². The average Bonchev–Trinajstić information content (AvgIpc) is 3.13. The number of hydrogen-bond acceptors (Lipinski definition) is 10. The summed E-state index contributed by atoms with van der Waals surface area (Å²) in [6.07, 6.45) is 1.75. The van der Waals surface area contributed by atoms with Crippen molar-refractivity contribution in [3.05, 3.63) is 89.0 Å². The first-order valence-corrected chi connectivity index (χ1v) is 10.7. The Balaban J connectivity index is 0.000000259. The number of nitro benzene ring substituents is 2. The number of benzene rings is 2. The molecule has 2 N–H and O–H groups in total. The SMILES string of the molecule is O=S1(=O)CCCC1.O=[N+]([O-])Nc1ccc([N+](=O)[O-])cc1.O=[N+]([O-])Nc1ccc([N+](=O)[O-])cc1. The third-order valence-electron chi connectivity index (χ3n) is 3.76. The molecule has 16 nitrogen and oxygen atoms in total. The third-order valence-corrected chi connectivity index (χ3v) is 5.58. The monoisotopic (exact) mass is 486 g/mol. The third kappa shape index (κ3) is 11.0. The summed E-state index contributed by atoms with van der Waals surface area (Å²) >= 11 is 0. The molecule has 0 amide bonds. The second-order valence-electron chi connectivity index (χ2n) is 6.20. The standard InChI is InChI=1S/2C6H5N3O4.C4H8O2S/c2*10-8(11)6-3-1-5(2-4-6)7-9(12)13;5-7(6)3-1-2-4-7/h2*1-4,7H;1-4H2. The zero-order valence-electron chi connectivity index (χ0n) is 16.7. The quantitative estimate of drug-likeness (QED) is 0.443. The molecule has 0 spiro atoms. The Bertz CT molecular complexity index is 1010. The minimum Gasteiger partial charge on any atom is -0.258 e. The number of hydrazine groups is 2. The van der Waals surface area contributed by atoms with E-state index in [1.54, 1.807) is 0 Å². The van der Waals surface area contributed by atoms with Crippen LogP contribution in [-0.4, -0.2) is 39.8 Å². The van der Waals surface area contributed by atoms with Crippen LogP contribution < -0.4 is 10.9 Å². The van der Waals surface area contributed by atoms with Crippen molar-refractivity contribution in [3.63, 3.8) is 0 Å². The van der Waals surface area contributed by atoms with Crippen LogP contribution >= 0.6 is 0 Å². The first-order valence-electron chi connectivity index (χ1n) is 8.91. The van der Waals surface area contributed by atoms with Gasteiger partial charge in [0.15, 0.2) is 10.1 Å². The van der Waals surface area contributed by atoms with Gasteiger partial charge >= 0.3 is 0 Å². The first-order chi connectivity index (χ1) is 15.4. The fourth-order valence-corrected chi connectivity index (χ4v) is 3.76. The highest BCUT2D eigenvalue weighted by Gasteiger charge is 2.16. The van der Waals surface area contributed by atoms with Gasteiger partial charge in [-0.25, -0.2) is 28.6 Å². The van der Waals surface area contributed by atoms with Crippen molar-refractivity contribution in [1.29, 1.82) is 0 Å². The van der Waals surface area contributed by atoms with Crippen molar-refractivity contribution >= 4 is 32.6 Å². The summed E-state index contributed by atoms with van der Waals surface area (Å²) in [5.74, 6) is 0.847. The van der Waals surface area contributed by atoms with Crippen LogP contribution in [0.3, 0.4) is 0 Å². The number of hydrogen-bond donors (Lipinski definition) is 2. The Morgan fingerprint density at radius 3 is 1.09 bits per heavy atom. The molecule has 1 heterocycles. The first kappa shape index (κ1) is 26.6. The molecule has 3 rings (SSSR count). The molecule has 0 radical (unpaired) electrons. The summed E-state index contributed by atoms with van der Waals surface area (Å²) in [7, 11) is -2.55. The predicted octanol–water partition coefficient (Wildman–Crippen LogP) is 2.59. The van der Waals surface area contributed by atoms with E-state index >= 15 is 0 Å². The van der Waals surface area contributed by atoms with E-state index in [1.165, 1.54) is 48.5 Å². The fraction of sp³-hybridized carbons (Fsp3) is 0.250. The maximum absolute atomic E-state index is 10.4. The molecule has 17 heteroatoms. The minimum atomic E-state index is -2.55. The molecule has 0 aromatic heterocycles. The van der Waals surface area contributed by atoms with E-state index in [9.17, 15) is 48.9 Å². The van der Waals surface area contributed by atoms with Crippen LogP contribution in [0, 0.1) is 40.5 Å². The lowest BCUT2D eigenvalue weighted by Gasteiger charge is -1.95. The van der Waals surface area contributed by atoms with Crippen molar-refractivity contribution in [1.82, 2.24) is 0 Å². The molecule has 2 aromatic carbocycles. The highest BCUT2D eigenvalue weighted by atomic mass is 32.2. The molecule has 0 saturated carbocycles. The highest BCUT2D eigenvalue weighted by molar-refractivity contribution is 7.91. The van der Waals surface area contributed by atoms with E-state index in [4.69, 9.17) is 0 Å². The molecule has 1 aliphatic rings. The van der Waals surface area contributed by atoms with Crippen LogP contribution in [0.2, 0.25) is 0 Å². The lowest BCUT2D eigenvalue weighted by atomic mass is 10.3. The number of nitro groups is 4. The Morgan fingerprint density at radius 2 is 0.909 bits per heavy atom. The number of non-ortho nitro benzene ring substituents is 2. The Morgan fingerprint density at radius 1 is 0.606 bits per heavy atom. The normalized spacial score (nSPS) is 13.2. The maximum Gasteiger partial charge on any atom is 0.269 e. The van der Waals surface area contributed by atoms with Crippen LogP contribution in [0.15, 0.2) is 48.5 Å². The fourth-order valence-electron chi connectivity index (χ4n) is 2.27. The molecule has 33 heavy (non-hydrogen) atoms. The van der Waals surface area contributed by atoms with Crippen LogP contribution in [0.1, 0.15) is 12.8 Å². The van der Waals surface area contributed by atoms with Crippen LogP contribution in [-0.2, 0) is 9.84 Å². The van der Waals surface area contributed by atoms with Gasteiger partial charge in [0, 0.05) is 24.3 Å². The lowest BCUT2D eigenvalue weighted by Crippen LogP contribution is -2.07. The molecule has 0 atom stereocenters. The number of nitrogens with zero attached hydrogens (tertiary/aromatic N) is 4. The molecule has 1 saturated heterocycles. The van der Waals surface area contributed by atoms with E-state index in [0.29, 0.717) is 11.5 Å². The Hall–Kier alpha value is -4.41. The summed E-state index contributed by atoms with van der Waals surface area (Å²) in [5.41, 5.74) is 3.94. The minimum absolute atomic E-state index is 0.103. The van der Waals surface area contributed by atoms with Gasteiger partial charge in [0.25, 0.3) is 11.4 Å². The second-order valence-corrected chi connectivity index (χ2v) is 8.51. The van der Waals surface area contributed by atoms with Gasteiger partial charge in [0.1, 0.15) is 21.2 Å². The van der Waals surface area contributed by atoms with Gasteiger partial charge in [0.2, 0.25) is 0 Å². The summed E-state index contributed by atoms with van der Waals surface area (Å²) < 4.78 is 20.9. The highest BCUT2D eigenvalue weighted by Crippen LogP contribution is 2.15. The summed E-state index contributed by atoms with van der Waals surface area (Å²) in [6, 6.07) is 9.80. The molecule has 1 fully saturated rings. The van der Waals surface area contributed by atoms with Gasteiger partial charge in [-0.2, -0.15) is 0 Å². The number of anilines is 2. The molecule has 0 aliphatic carbocycles. The van der Waals surface area contributed by atoms with E-state index in [-0.39, 0.29) is 22.7 Å². The van der Waals surface area contributed by atoms with Crippen molar-refractivity contribution in [3.8, 4) is 0 Å². The topological polar surface area (TPSA) is 231 Å². The van der Waals surface area contributed by atoms with E-state index in [2.05, 4.69) is 0 Å². The number of rotatable bonds is 6. The van der Waals surface area contributed by atoms with Crippen molar-refractivity contribution in [2.24, 2.45) is 0 Å². The molecule has 0 bridgehead atoms. The van der Waals surface area contributed by atoms with Crippen LogP contribution in [0.5, 0.6) is 0 Å². The number of nitrogens with one attached hydrogen (secondary N) is 2. The van der Waals surface area contributed by atoms with Crippen molar-refractivity contribution < 1.29 is 28.3 Å². The van der Waals surface area contributed by atoms with E-state index < -0.39 is 29.7 Å². The Kier molecular flexibility index (Phi) is 10.0. The Labute approximate surface area is 185 Å². The molecule has 178 valence electrons. The summed E-state index contributed by atoms with van der Waals surface area (Å²) in [4.78, 5) is 39.1. The van der Waals surface area contributed by atoms with Crippen molar-refractivity contribution in [2.75, 3.05) is 22.4 Å². The number of sulfone groups is 1. The van der Waals surface area contributed by atoms with Crippen LogP contribution in [0.4, 0.5) is 22.7 Å². The van der Waals surface area contributed by atoms with Gasteiger partial charge in [-0.1, -0.05) is 0 Å². The molecule has 1 aliphatic heterocycles. The zero-order valence-corrected chi connectivity index (χ0v) is 17.5. The van der Waals surface area contributed by atoms with E-state index in [1.807, 2.05) is 10.9 Å². The van der Waals surface area contributed by atoms with Crippen LogP contribution in [0.25, 0.3) is 0 Å². The largest absolute Gasteiger partial charge is 0.269 e. The zero-order chi connectivity index (χ0) is 25.0. The second kappa shape index (κ2) is 12.4. The molecule has 0 unspecified atom stereocenters. The summed E-state index contributed by atoms with van der Waals surface area (Å²) in [6.45, 7) is 0. The smallest absolute Gasteiger partial charge is 0.258 e. The molecule has 2 aromatic rings. The van der Waals surface area contributed by atoms with Gasteiger partial charge in [0.05, 0.1) is 21.4 Å².